The maximum Gasteiger partial charge on any atom is 0.494 e. The Balaban J connectivity index is 1.77. The number of alkyl carbamates (subject to hydrolysis) is 1. The molecule has 0 bridgehead atoms. The van der Waals surface area contributed by atoms with Crippen LogP contribution in [0.4, 0.5) is 9.18 Å². The Bertz CT molecular complexity index is 877. The van der Waals surface area contributed by atoms with Gasteiger partial charge in [0.2, 0.25) is 5.91 Å². The van der Waals surface area contributed by atoms with Crippen LogP contribution >= 0.6 is 0 Å². The lowest BCUT2D eigenvalue weighted by atomic mass is 9.78. The summed E-state index contributed by atoms with van der Waals surface area (Å²) in [7, 11) is -0.680. The van der Waals surface area contributed by atoms with Crippen molar-refractivity contribution in [1.82, 2.24) is 10.2 Å². The minimum Gasteiger partial charge on any atom is -0.444 e. The predicted molar refractivity (Wildman–Crippen MR) is 125 cm³/mol. The van der Waals surface area contributed by atoms with Crippen molar-refractivity contribution in [3.8, 4) is 0 Å². The summed E-state index contributed by atoms with van der Waals surface area (Å²) in [6, 6.07) is 3.82. The van der Waals surface area contributed by atoms with Crippen LogP contribution in [0, 0.1) is 5.82 Å². The summed E-state index contributed by atoms with van der Waals surface area (Å²) >= 11 is 0. The van der Waals surface area contributed by atoms with Gasteiger partial charge >= 0.3 is 13.2 Å². The molecular weight excluding hydrogens is 426 g/mol. The molecule has 2 heterocycles. The van der Waals surface area contributed by atoms with Gasteiger partial charge in [-0.15, -0.1) is 0 Å². The molecule has 2 saturated heterocycles. The fraction of sp³-hybridized carbons (Fsp3) is 0.667. The van der Waals surface area contributed by atoms with Crippen molar-refractivity contribution in [2.45, 2.75) is 90.6 Å². The monoisotopic (exact) mass is 462 g/mol. The summed E-state index contributed by atoms with van der Waals surface area (Å²) in [5.41, 5.74) is -0.878. The van der Waals surface area contributed by atoms with Gasteiger partial charge in [-0.1, -0.05) is 12.1 Å². The summed E-state index contributed by atoms with van der Waals surface area (Å²) in [5.74, 6) is -0.708. The van der Waals surface area contributed by atoms with Gasteiger partial charge in [-0.05, 0) is 78.4 Å². The van der Waals surface area contributed by atoms with Crippen molar-refractivity contribution in [3.05, 3.63) is 29.6 Å². The van der Waals surface area contributed by atoms with E-state index in [-0.39, 0.29) is 12.3 Å². The summed E-state index contributed by atoms with van der Waals surface area (Å²) in [6.07, 6.45) is 1.16. The van der Waals surface area contributed by atoms with Gasteiger partial charge in [0, 0.05) is 19.5 Å². The van der Waals surface area contributed by atoms with Crippen molar-refractivity contribution >= 4 is 24.6 Å². The Labute approximate surface area is 196 Å². The second-order valence-electron chi connectivity index (χ2n) is 10.9. The standard InChI is InChI=1S/C24H36BFN2O5/c1-22(2,3)31-21(30)27-19(20(29)28-12-8-9-13-28)14-16-10-11-17(15-18(16)26)25-32-23(4,5)24(6,7)33-25/h10-11,15,19H,8-9,12-14H2,1-7H3,(H,27,30). The molecule has 1 unspecified atom stereocenters. The lowest BCUT2D eigenvalue weighted by molar-refractivity contribution is -0.132. The van der Waals surface area contributed by atoms with Crippen LogP contribution in [0.5, 0.6) is 0 Å². The molecule has 0 radical (unpaired) electrons. The Hall–Kier alpha value is -2.13. The molecule has 1 aromatic carbocycles. The van der Waals surface area contributed by atoms with Crippen molar-refractivity contribution in [2.24, 2.45) is 0 Å². The summed E-state index contributed by atoms with van der Waals surface area (Å²) in [6.45, 7) is 14.3. The van der Waals surface area contributed by atoms with Crippen LogP contribution < -0.4 is 10.8 Å². The van der Waals surface area contributed by atoms with Crippen molar-refractivity contribution in [2.75, 3.05) is 13.1 Å². The lowest BCUT2D eigenvalue weighted by Crippen LogP contribution is -2.50. The number of hydrogen-bond donors (Lipinski definition) is 1. The molecule has 0 aliphatic carbocycles. The van der Waals surface area contributed by atoms with E-state index in [0.29, 0.717) is 24.1 Å². The molecule has 2 aliphatic heterocycles. The van der Waals surface area contributed by atoms with Gasteiger partial charge in [0.05, 0.1) is 11.2 Å². The fourth-order valence-electron chi connectivity index (χ4n) is 3.88. The van der Waals surface area contributed by atoms with Crippen LogP contribution in [0.2, 0.25) is 0 Å². The zero-order valence-electron chi connectivity index (χ0n) is 20.8. The van der Waals surface area contributed by atoms with E-state index in [1.807, 2.05) is 27.7 Å². The minimum absolute atomic E-state index is 0.0179. The zero-order chi connectivity index (χ0) is 24.6. The average Bonchev–Trinajstić information content (AvgIpc) is 3.27. The van der Waals surface area contributed by atoms with Gasteiger partial charge in [-0.3, -0.25) is 4.79 Å². The minimum atomic E-state index is -0.921. The number of likely N-dealkylation sites (tertiary alicyclic amines) is 1. The van der Waals surface area contributed by atoms with E-state index in [1.165, 1.54) is 6.07 Å². The largest absolute Gasteiger partial charge is 0.494 e. The number of carbonyl (C=O) groups excluding carboxylic acids is 2. The van der Waals surface area contributed by atoms with E-state index in [0.717, 1.165) is 12.8 Å². The molecule has 182 valence electrons. The molecule has 3 rings (SSSR count). The van der Waals surface area contributed by atoms with E-state index in [4.69, 9.17) is 14.0 Å². The number of rotatable bonds is 5. The highest BCUT2D eigenvalue weighted by molar-refractivity contribution is 6.62. The van der Waals surface area contributed by atoms with Crippen molar-refractivity contribution in [3.63, 3.8) is 0 Å². The Morgan fingerprint density at radius 2 is 1.73 bits per heavy atom. The van der Waals surface area contributed by atoms with Gasteiger partial charge in [-0.2, -0.15) is 0 Å². The first-order valence-corrected chi connectivity index (χ1v) is 11.6. The molecule has 33 heavy (non-hydrogen) atoms. The molecule has 2 amide bonds. The molecule has 0 spiro atoms. The van der Waals surface area contributed by atoms with Crippen molar-refractivity contribution < 1.29 is 28.0 Å². The summed E-state index contributed by atoms with van der Waals surface area (Å²) < 4.78 is 32.5. The number of hydrogen-bond acceptors (Lipinski definition) is 5. The lowest BCUT2D eigenvalue weighted by Gasteiger charge is -2.32. The predicted octanol–water partition coefficient (Wildman–Crippen LogP) is 3.18. The van der Waals surface area contributed by atoms with Crippen LogP contribution in [0.3, 0.4) is 0 Å². The Morgan fingerprint density at radius 3 is 2.24 bits per heavy atom. The Kier molecular flexibility index (Phi) is 7.15. The molecule has 1 N–H and O–H groups in total. The smallest absolute Gasteiger partial charge is 0.444 e. The highest BCUT2D eigenvalue weighted by Gasteiger charge is 2.51. The van der Waals surface area contributed by atoms with Crippen LogP contribution in [-0.4, -0.2) is 60.0 Å². The molecule has 1 atom stereocenters. The van der Waals surface area contributed by atoms with Gasteiger partial charge in [-0.25, -0.2) is 9.18 Å². The second-order valence-corrected chi connectivity index (χ2v) is 10.9. The van der Waals surface area contributed by atoms with Crippen LogP contribution in [0.25, 0.3) is 0 Å². The molecular formula is C24H36BFN2O5. The third-order valence-electron chi connectivity index (χ3n) is 6.43. The quantitative estimate of drug-likeness (QED) is 0.681. The molecule has 2 aliphatic rings. The number of benzene rings is 1. The van der Waals surface area contributed by atoms with Gasteiger partial charge in [0.25, 0.3) is 0 Å². The van der Waals surface area contributed by atoms with Gasteiger partial charge in [0.1, 0.15) is 17.5 Å². The second kappa shape index (κ2) is 9.26. The summed E-state index contributed by atoms with van der Waals surface area (Å²) in [4.78, 5) is 27.2. The number of nitrogens with one attached hydrogen (secondary N) is 1. The van der Waals surface area contributed by atoms with Crippen LogP contribution in [0.1, 0.15) is 66.9 Å². The molecule has 0 aromatic heterocycles. The Morgan fingerprint density at radius 1 is 1.15 bits per heavy atom. The molecule has 7 nitrogen and oxygen atoms in total. The number of ether oxygens (including phenoxy) is 1. The zero-order valence-corrected chi connectivity index (χ0v) is 20.8. The van der Waals surface area contributed by atoms with E-state index >= 15 is 4.39 Å². The third-order valence-corrected chi connectivity index (χ3v) is 6.43. The summed E-state index contributed by atoms with van der Waals surface area (Å²) in [5, 5.41) is 2.65. The molecule has 1 aromatic rings. The topological polar surface area (TPSA) is 77.1 Å². The SMILES string of the molecule is CC(C)(C)OC(=O)NC(Cc1ccc(B2OC(C)(C)C(C)(C)O2)cc1F)C(=O)N1CCCC1. The number of halogens is 1. The highest BCUT2D eigenvalue weighted by Crippen LogP contribution is 2.36. The first-order valence-electron chi connectivity index (χ1n) is 11.6. The number of nitrogens with zero attached hydrogens (tertiary/aromatic N) is 1. The highest BCUT2D eigenvalue weighted by atomic mass is 19.1. The maximum absolute atomic E-state index is 15.1. The number of amides is 2. The van der Waals surface area contributed by atoms with E-state index in [9.17, 15) is 9.59 Å². The molecule has 2 fully saturated rings. The average molecular weight is 462 g/mol. The maximum atomic E-state index is 15.1. The molecule has 0 saturated carbocycles. The van der Waals surface area contributed by atoms with E-state index in [1.54, 1.807) is 37.8 Å². The first kappa shape index (κ1) is 25.5. The normalized spacial score (nSPS) is 20.6. The van der Waals surface area contributed by atoms with Crippen LogP contribution in [-0.2, 0) is 25.3 Å². The van der Waals surface area contributed by atoms with Gasteiger partial charge in [0.15, 0.2) is 0 Å². The van der Waals surface area contributed by atoms with E-state index in [2.05, 4.69) is 5.32 Å². The van der Waals surface area contributed by atoms with E-state index < -0.39 is 41.9 Å². The van der Waals surface area contributed by atoms with Crippen molar-refractivity contribution in [1.29, 1.82) is 0 Å². The van der Waals surface area contributed by atoms with Crippen LogP contribution in [0.15, 0.2) is 18.2 Å². The fourth-order valence-corrected chi connectivity index (χ4v) is 3.88. The number of carbonyl (C=O) groups is 2. The third kappa shape index (κ3) is 6.06. The first-order chi connectivity index (χ1) is 15.2. The van der Waals surface area contributed by atoms with Gasteiger partial charge < -0.3 is 24.3 Å². The molecule has 9 heteroatoms.